The SMILES string of the molecule is CN1CCCCC1.CN1CCCc2ccccc21.CN1c2ccccc2C(C)(C)c2ccccc21.CN1c2ccccc2Oc2ccccc21.Cn1c2ccc(-c3ccccc3)cc2c2cc(-c3ccccc3)ccc21.[2H]C1([2H])N(C)C([2H])([2H])C([2H])([2H])C([2H])([2H])C1([2H])[2H]. The van der Waals surface area contributed by atoms with Crippen molar-refractivity contribution in [3.8, 4) is 33.8 Å². The minimum absolute atomic E-state index is 0.0830. The number of likely N-dealkylation sites (tertiary alicyclic amines) is 2. The van der Waals surface area contributed by atoms with Crippen LogP contribution in [0.15, 0.2) is 218 Å². The summed E-state index contributed by atoms with van der Waals surface area (Å²) in [5.41, 5.74) is 18.2. The van der Waals surface area contributed by atoms with Crippen LogP contribution < -0.4 is 19.4 Å². The van der Waals surface area contributed by atoms with E-state index < -0.39 is 32.1 Å². The minimum Gasteiger partial charge on any atom is -0.453 e. The number of hydrogen-bond acceptors (Lipinski definition) is 6. The number of nitrogens with zero attached hydrogens (tertiary/aromatic N) is 6. The van der Waals surface area contributed by atoms with Crippen molar-refractivity contribution >= 4 is 50.2 Å². The Bertz CT molecular complexity index is 3970. The van der Waals surface area contributed by atoms with Gasteiger partial charge in [0.05, 0.1) is 11.4 Å². The van der Waals surface area contributed by atoms with E-state index in [4.69, 9.17) is 18.4 Å². The number of fused-ring (bicyclic) bond motifs is 8. The highest BCUT2D eigenvalue weighted by atomic mass is 16.5. The zero-order valence-corrected chi connectivity index (χ0v) is 49.5. The van der Waals surface area contributed by atoms with Crippen LogP contribution in [-0.4, -0.2) is 82.2 Å². The maximum absolute atomic E-state index is 7.49. The number of para-hydroxylation sites is 7. The highest BCUT2D eigenvalue weighted by Gasteiger charge is 2.34. The van der Waals surface area contributed by atoms with Crippen LogP contribution in [0.5, 0.6) is 11.5 Å². The zero-order valence-electron chi connectivity index (χ0n) is 59.5. The van der Waals surface area contributed by atoms with Crippen molar-refractivity contribution < 1.29 is 18.4 Å². The monoisotopic (exact) mass is 1110 g/mol. The summed E-state index contributed by atoms with van der Waals surface area (Å²) < 4.78 is 82.8. The van der Waals surface area contributed by atoms with Crippen molar-refractivity contribution in [3.63, 3.8) is 0 Å². The molecule has 9 aromatic carbocycles. The van der Waals surface area contributed by atoms with E-state index >= 15 is 0 Å². The molecule has 426 valence electrons. The Morgan fingerprint density at radius 3 is 1.30 bits per heavy atom. The van der Waals surface area contributed by atoms with Crippen LogP contribution >= 0.6 is 0 Å². The summed E-state index contributed by atoms with van der Waals surface area (Å²) in [6.45, 7) is 2.52. The van der Waals surface area contributed by atoms with E-state index in [1.54, 1.807) is 0 Å². The maximum atomic E-state index is 7.49. The third-order valence-electron chi connectivity index (χ3n) is 16.3. The van der Waals surface area contributed by atoms with E-state index in [2.05, 4.69) is 255 Å². The van der Waals surface area contributed by atoms with Crippen molar-refractivity contribution in [2.45, 2.75) is 70.5 Å². The van der Waals surface area contributed by atoms with E-state index in [-0.39, 0.29) is 10.3 Å². The van der Waals surface area contributed by atoms with E-state index in [9.17, 15) is 0 Å². The van der Waals surface area contributed by atoms with Crippen molar-refractivity contribution in [3.05, 3.63) is 235 Å². The normalized spacial score (nSPS) is 20.4. The van der Waals surface area contributed by atoms with Gasteiger partial charge in [0.1, 0.15) is 0 Å². The molecule has 0 radical (unpaired) electrons. The Hall–Kier alpha value is -8.10. The highest BCUT2D eigenvalue weighted by molar-refractivity contribution is 6.10. The summed E-state index contributed by atoms with van der Waals surface area (Å²) in [4.78, 5) is 9.42. The molecule has 0 unspecified atom stereocenters. The van der Waals surface area contributed by atoms with E-state index in [0.29, 0.717) is 0 Å². The smallest absolute Gasteiger partial charge is 0.151 e. The van der Waals surface area contributed by atoms with Crippen LogP contribution in [0.2, 0.25) is 0 Å². The van der Waals surface area contributed by atoms with Crippen molar-refractivity contribution in [2.75, 3.05) is 82.6 Å². The number of anilines is 5. The van der Waals surface area contributed by atoms with Gasteiger partial charge in [-0.3, -0.25) is 0 Å². The average molecular weight is 1110 g/mol. The Kier molecular flexibility index (Phi) is 15.3. The molecule has 0 amide bonds. The first kappa shape index (κ1) is 46.4. The second kappa shape index (κ2) is 27.3. The topological polar surface area (TPSA) is 30.4 Å². The van der Waals surface area contributed by atoms with Gasteiger partial charge in [-0.1, -0.05) is 178 Å². The third kappa shape index (κ3) is 13.7. The molecule has 1 aromatic heterocycles. The number of aromatic nitrogens is 1. The summed E-state index contributed by atoms with van der Waals surface area (Å²) in [7, 11) is 11.6. The molecule has 15 rings (SSSR count). The molecule has 0 saturated carbocycles. The summed E-state index contributed by atoms with van der Waals surface area (Å²) in [5.74, 6) is 1.83. The molecule has 10 aromatic rings. The summed E-state index contributed by atoms with van der Waals surface area (Å²) in [6, 6.07) is 76.8. The average Bonchev–Trinajstić information content (AvgIpc) is 1.22. The first-order valence-electron chi connectivity index (χ1n) is 34.1. The van der Waals surface area contributed by atoms with Gasteiger partial charge in [0.2, 0.25) is 0 Å². The standard InChI is InChI=1S/C25H19N.C16H17N.C13H11NO.C10H13N.2C6H13N/c1-26-24-14-12-20(18-8-4-2-5-9-18)16-22(24)23-17-21(13-15-25(23)26)19-10-6-3-7-11-19;1-16(2)12-8-4-6-10-14(12)17(3)15-11-7-5-9-13(15)16;1-14-10-6-2-4-8-12(10)15-13-9-5-3-7-11(13)14;1-11-8-4-6-9-5-2-3-7-10(9)11;2*1-7-5-3-2-4-6-7/h2-17H,1H3;4-11H,1-3H3;2-9H,1H3;2-3,5,7H,4,6,8H2,1H3;2*2-6H2,1H3/i;;;;2D2,3D2,4D2,5D2,6D2;. The van der Waals surface area contributed by atoms with Gasteiger partial charge in [0, 0.05) is 92.7 Å². The Morgan fingerprint density at radius 2 is 0.819 bits per heavy atom. The molecular weight excluding hydrogens is 1010 g/mol. The van der Waals surface area contributed by atoms with Gasteiger partial charge >= 0.3 is 0 Å². The van der Waals surface area contributed by atoms with Crippen LogP contribution in [0.3, 0.4) is 0 Å². The number of piperidine rings is 2. The molecule has 5 aliphatic rings. The molecule has 7 heteroatoms. The van der Waals surface area contributed by atoms with Gasteiger partial charge < -0.3 is 33.8 Å². The fourth-order valence-electron chi connectivity index (χ4n) is 11.6. The van der Waals surface area contributed by atoms with Crippen LogP contribution in [0.25, 0.3) is 44.1 Å². The molecule has 5 aliphatic heterocycles. The van der Waals surface area contributed by atoms with Crippen molar-refractivity contribution in [1.82, 2.24) is 14.4 Å². The summed E-state index contributed by atoms with van der Waals surface area (Å²) >= 11 is 0. The second-order valence-electron chi connectivity index (χ2n) is 22.2. The van der Waals surface area contributed by atoms with Crippen LogP contribution in [-0.2, 0) is 18.9 Å². The lowest BCUT2D eigenvalue weighted by Gasteiger charge is -2.40. The van der Waals surface area contributed by atoms with Gasteiger partial charge in [-0.25, -0.2) is 0 Å². The first-order chi connectivity index (χ1) is 44.2. The molecule has 0 atom stereocenters. The number of rotatable bonds is 2. The zero-order chi connectivity index (χ0) is 66.7. The fourth-order valence-corrected chi connectivity index (χ4v) is 11.6. The van der Waals surface area contributed by atoms with Gasteiger partial charge in [-0.2, -0.15) is 0 Å². The summed E-state index contributed by atoms with van der Waals surface area (Å²) in [6.07, 6.45) is -2.86. The quantitative estimate of drug-likeness (QED) is 0.171. The molecule has 2 fully saturated rings. The number of ether oxygens (including phenoxy) is 1. The Labute approximate surface area is 510 Å². The van der Waals surface area contributed by atoms with Crippen molar-refractivity contribution in [2.24, 2.45) is 7.05 Å². The second-order valence-corrected chi connectivity index (χ2v) is 22.2. The van der Waals surface area contributed by atoms with Gasteiger partial charge in [0.25, 0.3) is 0 Å². The molecular formula is C76H86N6O. The van der Waals surface area contributed by atoms with E-state index in [1.807, 2.05) is 36.4 Å². The number of hydrogen-bond donors (Lipinski definition) is 0. The maximum Gasteiger partial charge on any atom is 0.151 e. The van der Waals surface area contributed by atoms with Crippen LogP contribution in [0, 0.1) is 0 Å². The predicted octanol–water partition coefficient (Wildman–Crippen LogP) is 18.6. The summed E-state index contributed by atoms with van der Waals surface area (Å²) in [5, 5.41) is 2.61. The van der Waals surface area contributed by atoms with E-state index in [0.717, 1.165) is 29.9 Å². The lowest BCUT2D eigenvalue weighted by molar-refractivity contribution is 0.277. The van der Waals surface area contributed by atoms with E-state index in [1.165, 1.54) is 130 Å². The minimum atomic E-state index is -3.31. The Morgan fingerprint density at radius 1 is 0.386 bits per heavy atom. The first-order valence-corrected chi connectivity index (χ1v) is 29.1. The molecule has 0 N–H and O–H groups in total. The highest BCUT2D eigenvalue weighted by Crippen LogP contribution is 2.48. The molecule has 0 aliphatic carbocycles. The largest absolute Gasteiger partial charge is 0.453 e. The lowest BCUT2D eigenvalue weighted by Crippen LogP contribution is -2.30. The van der Waals surface area contributed by atoms with Gasteiger partial charge in [-0.05, 0) is 184 Å². The third-order valence-corrected chi connectivity index (χ3v) is 16.3. The predicted molar refractivity (Wildman–Crippen MR) is 356 cm³/mol. The van der Waals surface area contributed by atoms with Crippen LogP contribution in [0.4, 0.5) is 28.4 Å². The van der Waals surface area contributed by atoms with Gasteiger partial charge in [0.15, 0.2) is 11.5 Å². The lowest BCUT2D eigenvalue weighted by atomic mass is 9.74. The molecule has 6 heterocycles. The molecule has 0 spiro atoms. The van der Waals surface area contributed by atoms with Gasteiger partial charge in [-0.15, -0.1) is 0 Å². The van der Waals surface area contributed by atoms with Crippen LogP contribution in [0.1, 0.15) is 89.0 Å². The van der Waals surface area contributed by atoms with Crippen molar-refractivity contribution in [1.29, 1.82) is 0 Å². The molecule has 7 nitrogen and oxygen atoms in total. The fraction of sp³-hybridized carbons (Fsp3) is 0.289. The number of aryl methyl sites for hydroxylation is 2. The molecule has 2 saturated heterocycles. The Balaban J connectivity index is 0.000000127. The molecule has 0 bridgehead atoms. The number of benzene rings is 9. The molecule has 83 heavy (non-hydrogen) atoms.